The number of hydrogen-bond acceptors (Lipinski definition) is 3. The standard InChI is InChI=1S/C15H19N3/c1-3-17-14-8-15(11-16-10-14)18-9-13-6-4-12(2)5-7-13/h4-8,10-11,17-18H,3,9H2,1-2H3. The summed E-state index contributed by atoms with van der Waals surface area (Å²) in [5, 5.41) is 6.63. The molecule has 0 unspecified atom stereocenters. The van der Waals surface area contributed by atoms with E-state index in [1.807, 2.05) is 12.4 Å². The molecule has 0 saturated heterocycles. The van der Waals surface area contributed by atoms with Crippen LogP contribution in [-0.4, -0.2) is 11.5 Å². The number of pyridine rings is 1. The number of benzene rings is 1. The van der Waals surface area contributed by atoms with Crippen LogP contribution >= 0.6 is 0 Å². The largest absolute Gasteiger partial charge is 0.384 e. The lowest BCUT2D eigenvalue weighted by Gasteiger charge is -2.08. The van der Waals surface area contributed by atoms with Crippen molar-refractivity contribution in [2.45, 2.75) is 20.4 Å². The van der Waals surface area contributed by atoms with Gasteiger partial charge in [0.1, 0.15) is 0 Å². The topological polar surface area (TPSA) is 37.0 Å². The van der Waals surface area contributed by atoms with Gasteiger partial charge in [-0.2, -0.15) is 0 Å². The van der Waals surface area contributed by atoms with Crippen molar-refractivity contribution in [1.29, 1.82) is 0 Å². The van der Waals surface area contributed by atoms with E-state index >= 15 is 0 Å². The van der Waals surface area contributed by atoms with Crippen molar-refractivity contribution in [3.63, 3.8) is 0 Å². The number of aromatic nitrogens is 1. The first-order valence-corrected chi connectivity index (χ1v) is 6.26. The molecule has 2 rings (SSSR count). The number of rotatable bonds is 5. The Morgan fingerprint density at radius 3 is 2.33 bits per heavy atom. The summed E-state index contributed by atoms with van der Waals surface area (Å²) < 4.78 is 0. The van der Waals surface area contributed by atoms with Gasteiger partial charge in [-0.05, 0) is 25.5 Å². The molecule has 18 heavy (non-hydrogen) atoms. The van der Waals surface area contributed by atoms with Crippen LogP contribution in [0.15, 0.2) is 42.7 Å². The first-order valence-electron chi connectivity index (χ1n) is 6.26. The second-order valence-electron chi connectivity index (χ2n) is 4.33. The quantitative estimate of drug-likeness (QED) is 0.842. The molecule has 0 spiro atoms. The summed E-state index contributed by atoms with van der Waals surface area (Å²) in [5.41, 5.74) is 4.64. The van der Waals surface area contributed by atoms with Crippen LogP contribution in [0.25, 0.3) is 0 Å². The van der Waals surface area contributed by atoms with Crippen LogP contribution in [0, 0.1) is 6.92 Å². The molecule has 3 heteroatoms. The van der Waals surface area contributed by atoms with E-state index < -0.39 is 0 Å². The van der Waals surface area contributed by atoms with Gasteiger partial charge in [-0.25, -0.2) is 0 Å². The molecule has 1 aromatic heterocycles. The molecule has 0 aliphatic rings. The first kappa shape index (κ1) is 12.4. The molecule has 0 saturated carbocycles. The molecule has 0 fully saturated rings. The second kappa shape index (κ2) is 6.05. The molecule has 3 nitrogen and oxygen atoms in total. The Morgan fingerprint density at radius 1 is 1.00 bits per heavy atom. The van der Waals surface area contributed by atoms with E-state index in [0.717, 1.165) is 24.5 Å². The molecule has 1 aromatic carbocycles. The Bertz CT molecular complexity index is 491. The van der Waals surface area contributed by atoms with Gasteiger partial charge in [-0.15, -0.1) is 0 Å². The fourth-order valence-corrected chi connectivity index (χ4v) is 1.75. The third-order valence-corrected chi connectivity index (χ3v) is 2.74. The predicted octanol–water partition coefficient (Wildman–Crippen LogP) is 3.43. The number of anilines is 2. The average Bonchev–Trinajstić information content (AvgIpc) is 2.39. The normalized spacial score (nSPS) is 10.1. The van der Waals surface area contributed by atoms with Gasteiger partial charge < -0.3 is 10.6 Å². The SMILES string of the molecule is CCNc1cncc(NCc2ccc(C)cc2)c1. The maximum Gasteiger partial charge on any atom is 0.0550 e. The van der Waals surface area contributed by atoms with Crippen molar-refractivity contribution in [3.8, 4) is 0 Å². The molecular weight excluding hydrogens is 222 g/mol. The summed E-state index contributed by atoms with van der Waals surface area (Å²) in [6.45, 7) is 5.90. The van der Waals surface area contributed by atoms with E-state index in [4.69, 9.17) is 0 Å². The second-order valence-corrected chi connectivity index (χ2v) is 4.33. The minimum atomic E-state index is 0.817. The summed E-state index contributed by atoms with van der Waals surface area (Å²) in [6.07, 6.45) is 3.68. The highest BCUT2D eigenvalue weighted by molar-refractivity contribution is 5.54. The molecular formula is C15H19N3. The van der Waals surface area contributed by atoms with Gasteiger partial charge in [0.15, 0.2) is 0 Å². The lowest BCUT2D eigenvalue weighted by atomic mass is 10.1. The monoisotopic (exact) mass is 241 g/mol. The van der Waals surface area contributed by atoms with Crippen molar-refractivity contribution in [2.24, 2.45) is 0 Å². The Balaban J connectivity index is 1.97. The average molecular weight is 241 g/mol. The molecule has 0 atom stereocenters. The van der Waals surface area contributed by atoms with Crippen molar-refractivity contribution >= 4 is 11.4 Å². The number of hydrogen-bond donors (Lipinski definition) is 2. The van der Waals surface area contributed by atoms with Gasteiger partial charge >= 0.3 is 0 Å². The zero-order valence-electron chi connectivity index (χ0n) is 10.9. The molecule has 0 amide bonds. The van der Waals surface area contributed by atoms with Crippen LogP contribution in [0.5, 0.6) is 0 Å². The van der Waals surface area contributed by atoms with Crippen LogP contribution in [-0.2, 0) is 6.54 Å². The number of aryl methyl sites for hydroxylation is 1. The highest BCUT2D eigenvalue weighted by Crippen LogP contribution is 2.14. The summed E-state index contributed by atoms with van der Waals surface area (Å²) >= 11 is 0. The van der Waals surface area contributed by atoms with Gasteiger partial charge in [-0.3, -0.25) is 4.98 Å². The fourth-order valence-electron chi connectivity index (χ4n) is 1.75. The van der Waals surface area contributed by atoms with E-state index in [9.17, 15) is 0 Å². The summed E-state index contributed by atoms with van der Waals surface area (Å²) in [7, 11) is 0. The van der Waals surface area contributed by atoms with E-state index in [1.165, 1.54) is 11.1 Å². The van der Waals surface area contributed by atoms with Gasteiger partial charge in [0.2, 0.25) is 0 Å². The van der Waals surface area contributed by atoms with Crippen LogP contribution in [0.1, 0.15) is 18.1 Å². The van der Waals surface area contributed by atoms with Crippen molar-refractivity contribution in [3.05, 3.63) is 53.9 Å². The Hall–Kier alpha value is -2.03. The molecule has 0 bridgehead atoms. The maximum absolute atomic E-state index is 4.20. The molecule has 94 valence electrons. The van der Waals surface area contributed by atoms with E-state index in [2.05, 4.69) is 59.8 Å². The first-order chi connectivity index (χ1) is 8.78. The Kier molecular flexibility index (Phi) is 4.18. The molecule has 0 aliphatic heterocycles. The van der Waals surface area contributed by atoms with Crippen molar-refractivity contribution in [2.75, 3.05) is 17.2 Å². The molecule has 1 heterocycles. The van der Waals surface area contributed by atoms with Gasteiger partial charge in [0.05, 0.1) is 23.8 Å². The third kappa shape index (κ3) is 3.48. The van der Waals surface area contributed by atoms with E-state index in [1.54, 1.807) is 0 Å². The lowest BCUT2D eigenvalue weighted by Crippen LogP contribution is -2.02. The highest BCUT2D eigenvalue weighted by atomic mass is 14.9. The van der Waals surface area contributed by atoms with Crippen molar-refractivity contribution in [1.82, 2.24) is 4.98 Å². The minimum Gasteiger partial charge on any atom is -0.384 e. The number of nitrogens with zero attached hydrogens (tertiary/aromatic N) is 1. The summed E-state index contributed by atoms with van der Waals surface area (Å²) in [4.78, 5) is 4.20. The Morgan fingerprint density at radius 2 is 1.67 bits per heavy atom. The lowest BCUT2D eigenvalue weighted by molar-refractivity contribution is 1.13. The summed E-state index contributed by atoms with van der Waals surface area (Å²) in [5.74, 6) is 0. The van der Waals surface area contributed by atoms with Gasteiger partial charge in [0, 0.05) is 13.1 Å². The smallest absolute Gasteiger partial charge is 0.0550 e. The van der Waals surface area contributed by atoms with Crippen LogP contribution in [0.3, 0.4) is 0 Å². The molecule has 0 aliphatic carbocycles. The summed E-state index contributed by atoms with van der Waals surface area (Å²) in [6, 6.07) is 10.6. The van der Waals surface area contributed by atoms with Crippen molar-refractivity contribution < 1.29 is 0 Å². The number of nitrogens with one attached hydrogen (secondary N) is 2. The molecule has 2 N–H and O–H groups in total. The fraction of sp³-hybridized carbons (Fsp3) is 0.267. The molecule has 2 aromatic rings. The van der Waals surface area contributed by atoms with E-state index in [0.29, 0.717) is 0 Å². The van der Waals surface area contributed by atoms with Crippen LogP contribution in [0.4, 0.5) is 11.4 Å². The zero-order valence-corrected chi connectivity index (χ0v) is 10.9. The predicted molar refractivity (Wildman–Crippen MR) is 76.9 cm³/mol. The third-order valence-electron chi connectivity index (χ3n) is 2.74. The zero-order chi connectivity index (χ0) is 12.8. The minimum absolute atomic E-state index is 0.817. The van der Waals surface area contributed by atoms with Gasteiger partial charge in [-0.1, -0.05) is 29.8 Å². The Labute approximate surface area is 108 Å². The van der Waals surface area contributed by atoms with Gasteiger partial charge in [0.25, 0.3) is 0 Å². The van der Waals surface area contributed by atoms with Crippen LogP contribution < -0.4 is 10.6 Å². The van der Waals surface area contributed by atoms with Crippen LogP contribution in [0.2, 0.25) is 0 Å². The maximum atomic E-state index is 4.20. The molecule has 0 radical (unpaired) electrons. The van der Waals surface area contributed by atoms with E-state index in [-0.39, 0.29) is 0 Å². The highest BCUT2D eigenvalue weighted by Gasteiger charge is 1.96.